The Balaban J connectivity index is 2.18. The van der Waals surface area contributed by atoms with Gasteiger partial charge in [0.05, 0.1) is 20.3 Å². The number of hydrogen-bond acceptors (Lipinski definition) is 4. The summed E-state index contributed by atoms with van der Waals surface area (Å²) < 4.78 is 10.7. The van der Waals surface area contributed by atoms with Crippen molar-refractivity contribution in [1.82, 2.24) is 4.90 Å². The van der Waals surface area contributed by atoms with Crippen LogP contribution >= 0.6 is 0 Å². The van der Waals surface area contributed by atoms with Crippen LogP contribution in [0, 0.1) is 0 Å². The van der Waals surface area contributed by atoms with Crippen LogP contribution in [-0.4, -0.2) is 43.9 Å². The molecule has 1 atom stereocenters. The van der Waals surface area contributed by atoms with Crippen molar-refractivity contribution in [3.8, 4) is 5.75 Å². The molecule has 0 spiro atoms. The molecule has 2 rings (SSSR count). The van der Waals surface area contributed by atoms with Crippen molar-refractivity contribution in [3.05, 3.63) is 29.8 Å². The lowest BCUT2D eigenvalue weighted by atomic mass is 9.87. The van der Waals surface area contributed by atoms with E-state index in [1.165, 1.54) is 0 Å². The molecular formula is C15H24N2O2. The van der Waals surface area contributed by atoms with Crippen LogP contribution in [0.2, 0.25) is 0 Å². The maximum absolute atomic E-state index is 6.49. The van der Waals surface area contributed by atoms with Gasteiger partial charge in [0.15, 0.2) is 0 Å². The van der Waals surface area contributed by atoms with Crippen LogP contribution in [-0.2, 0) is 4.74 Å². The SMILES string of the molecule is COc1cccc(C(N)C(C)(C)N2CCOCC2)c1. The van der Waals surface area contributed by atoms with Gasteiger partial charge in [0.25, 0.3) is 0 Å². The van der Waals surface area contributed by atoms with E-state index < -0.39 is 0 Å². The maximum Gasteiger partial charge on any atom is 0.119 e. The second kappa shape index (κ2) is 5.90. The average Bonchev–Trinajstić information content (AvgIpc) is 2.47. The average molecular weight is 264 g/mol. The minimum absolute atomic E-state index is 0.0549. The zero-order valence-corrected chi connectivity index (χ0v) is 12.1. The summed E-state index contributed by atoms with van der Waals surface area (Å²) in [7, 11) is 1.68. The first-order valence-corrected chi connectivity index (χ1v) is 6.78. The van der Waals surface area contributed by atoms with Crippen molar-refractivity contribution < 1.29 is 9.47 Å². The van der Waals surface area contributed by atoms with Gasteiger partial charge in [0, 0.05) is 24.7 Å². The number of nitrogens with zero attached hydrogens (tertiary/aromatic N) is 1. The lowest BCUT2D eigenvalue weighted by Crippen LogP contribution is -2.55. The molecule has 4 heteroatoms. The van der Waals surface area contributed by atoms with Crippen molar-refractivity contribution in [3.63, 3.8) is 0 Å². The molecule has 0 aromatic heterocycles. The summed E-state index contributed by atoms with van der Waals surface area (Å²) in [6.45, 7) is 7.84. The molecular weight excluding hydrogens is 240 g/mol. The van der Waals surface area contributed by atoms with E-state index in [-0.39, 0.29) is 11.6 Å². The minimum Gasteiger partial charge on any atom is -0.497 e. The molecule has 0 saturated carbocycles. The van der Waals surface area contributed by atoms with Gasteiger partial charge in [0.2, 0.25) is 0 Å². The van der Waals surface area contributed by atoms with Gasteiger partial charge in [-0.1, -0.05) is 12.1 Å². The van der Waals surface area contributed by atoms with Crippen LogP contribution in [0.4, 0.5) is 0 Å². The van der Waals surface area contributed by atoms with E-state index in [9.17, 15) is 0 Å². The van der Waals surface area contributed by atoms with Crippen LogP contribution in [0.3, 0.4) is 0 Å². The van der Waals surface area contributed by atoms with Gasteiger partial charge >= 0.3 is 0 Å². The van der Waals surface area contributed by atoms with E-state index in [0.717, 1.165) is 37.6 Å². The summed E-state index contributed by atoms with van der Waals surface area (Å²) in [6.07, 6.45) is 0. The summed E-state index contributed by atoms with van der Waals surface area (Å²) in [5.41, 5.74) is 7.50. The molecule has 4 nitrogen and oxygen atoms in total. The first-order valence-electron chi connectivity index (χ1n) is 6.78. The summed E-state index contributed by atoms with van der Waals surface area (Å²) in [5.74, 6) is 0.853. The second-order valence-corrected chi connectivity index (χ2v) is 5.51. The molecule has 1 aromatic carbocycles. The Bertz CT molecular complexity index is 414. The lowest BCUT2D eigenvalue weighted by molar-refractivity contribution is -0.0190. The topological polar surface area (TPSA) is 47.7 Å². The molecule has 0 radical (unpaired) electrons. The number of benzene rings is 1. The number of hydrogen-bond donors (Lipinski definition) is 1. The van der Waals surface area contributed by atoms with Gasteiger partial charge in [0.1, 0.15) is 5.75 Å². The third kappa shape index (κ3) is 3.08. The highest BCUT2D eigenvalue weighted by atomic mass is 16.5. The number of nitrogens with two attached hydrogens (primary N) is 1. The molecule has 2 N–H and O–H groups in total. The Kier molecular flexibility index (Phi) is 4.45. The van der Waals surface area contributed by atoms with Crippen molar-refractivity contribution in [2.75, 3.05) is 33.4 Å². The van der Waals surface area contributed by atoms with Gasteiger partial charge < -0.3 is 15.2 Å². The highest BCUT2D eigenvalue weighted by Gasteiger charge is 2.35. The molecule has 1 saturated heterocycles. The van der Waals surface area contributed by atoms with Crippen LogP contribution in [0.5, 0.6) is 5.75 Å². The van der Waals surface area contributed by atoms with E-state index in [1.807, 2.05) is 18.2 Å². The Morgan fingerprint density at radius 1 is 1.32 bits per heavy atom. The van der Waals surface area contributed by atoms with Crippen LogP contribution in [0.15, 0.2) is 24.3 Å². The fraction of sp³-hybridized carbons (Fsp3) is 0.600. The van der Waals surface area contributed by atoms with Crippen molar-refractivity contribution in [1.29, 1.82) is 0 Å². The van der Waals surface area contributed by atoms with Crippen molar-refractivity contribution in [2.45, 2.75) is 25.4 Å². The smallest absolute Gasteiger partial charge is 0.119 e. The molecule has 1 unspecified atom stereocenters. The fourth-order valence-electron chi connectivity index (χ4n) is 2.58. The van der Waals surface area contributed by atoms with Crippen LogP contribution in [0.1, 0.15) is 25.5 Å². The number of rotatable bonds is 4. The molecule has 0 amide bonds. The van der Waals surface area contributed by atoms with Crippen molar-refractivity contribution >= 4 is 0 Å². The quantitative estimate of drug-likeness (QED) is 0.901. The Morgan fingerprint density at radius 3 is 2.63 bits per heavy atom. The summed E-state index contributed by atoms with van der Waals surface area (Å²) in [6, 6.07) is 7.96. The molecule has 106 valence electrons. The van der Waals surface area contributed by atoms with E-state index in [2.05, 4.69) is 24.8 Å². The highest BCUT2D eigenvalue weighted by molar-refractivity contribution is 5.32. The van der Waals surface area contributed by atoms with Gasteiger partial charge in [-0.25, -0.2) is 0 Å². The Hall–Kier alpha value is -1.10. The molecule has 0 aliphatic carbocycles. The van der Waals surface area contributed by atoms with Crippen LogP contribution < -0.4 is 10.5 Å². The highest BCUT2D eigenvalue weighted by Crippen LogP contribution is 2.31. The monoisotopic (exact) mass is 264 g/mol. The van der Waals surface area contributed by atoms with E-state index >= 15 is 0 Å². The van der Waals surface area contributed by atoms with E-state index in [0.29, 0.717) is 0 Å². The van der Waals surface area contributed by atoms with E-state index in [4.69, 9.17) is 15.2 Å². The predicted octanol–water partition coefficient (Wildman–Crippen LogP) is 1.81. The molecule has 1 fully saturated rings. The molecule has 0 bridgehead atoms. The molecule has 1 aliphatic heterocycles. The predicted molar refractivity (Wildman–Crippen MR) is 76.4 cm³/mol. The Morgan fingerprint density at radius 2 is 2.00 bits per heavy atom. The summed E-state index contributed by atoms with van der Waals surface area (Å²) in [5, 5.41) is 0. The minimum atomic E-state index is -0.101. The third-order valence-corrected chi connectivity index (χ3v) is 4.04. The zero-order valence-electron chi connectivity index (χ0n) is 12.1. The number of morpholine rings is 1. The van der Waals surface area contributed by atoms with Crippen molar-refractivity contribution in [2.24, 2.45) is 5.73 Å². The summed E-state index contributed by atoms with van der Waals surface area (Å²) >= 11 is 0. The first-order chi connectivity index (χ1) is 9.05. The third-order valence-electron chi connectivity index (χ3n) is 4.04. The number of methoxy groups -OCH3 is 1. The van der Waals surface area contributed by atoms with Gasteiger partial charge in [-0.2, -0.15) is 0 Å². The molecule has 19 heavy (non-hydrogen) atoms. The zero-order chi connectivity index (χ0) is 13.9. The van der Waals surface area contributed by atoms with E-state index in [1.54, 1.807) is 7.11 Å². The first kappa shape index (κ1) is 14.3. The molecule has 1 aromatic rings. The van der Waals surface area contributed by atoms with Crippen LogP contribution in [0.25, 0.3) is 0 Å². The number of ether oxygens (including phenoxy) is 2. The second-order valence-electron chi connectivity index (χ2n) is 5.51. The fourth-order valence-corrected chi connectivity index (χ4v) is 2.58. The van der Waals surface area contributed by atoms with Gasteiger partial charge in [-0.3, -0.25) is 4.90 Å². The largest absolute Gasteiger partial charge is 0.497 e. The van der Waals surface area contributed by atoms with Gasteiger partial charge in [-0.15, -0.1) is 0 Å². The summed E-state index contributed by atoms with van der Waals surface area (Å²) in [4.78, 5) is 2.40. The maximum atomic E-state index is 6.49. The standard InChI is InChI=1S/C15H24N2O2/c1-15(2,17-7-9-19-10-8-17)14(16)12-5-4-6-13(11-12)18-3/h4-6,11,14H,7-10,16H2,1-3H3. The molecule has 1 heterocycles. The normalized spacial score (nSPS) is 19.2. The van der Waals surface area contributed by atoms with Gasteiger partial charge in [-0.05, 0) is 31.5 Å². The lowest BCUT2D eigenvalue weighted by Gasteiger charge is -2.44. The molecule has 1 aliphatic rings. The Labute approximate surface area is 115 Å².